The van der Waals surface area contributed by atoms with Crippen molar-refractivity contribution in [3.05, 3.63) is 71.7 Å². The Kier molecular flexibility index (Phi) is 6.24. The molecule has 0 saturated heterocycles. The highest BCUT2D eigenvalue weighted by molar-refractivity contribution is 5.86. The molecule has 1 N–H and O–H groups in total. The van der Waals surface area contributed by atoms with Gasteiger partial charge < -0.3 is 14.6 Å². The van der Waals surface area contributed by atoms with Crippen LogP contribution in [0.2, 0.25) is 0 Å². The maximum absolute atomic E-state index is 13.4. The van der Waals surface area contributed by atoms with Gasteiger partial charge in [-0.15, -0.1) is 0 Å². The van der Waals surface area contributed by atoms with Gasteiger partial charge in [-0.3, -0.25) is 4.79 Å². The molecule has 0 spiro atoms. The monoisotopic (exact) mass is 368 g/mol. The number of fused-ring (bicyclic) bond motifs is 1. The summed E-state index contributed by atoms with van der Waals surface area (Å²) in [6, 6.07) is 14.6. The molecule has 1 unspecified atom stereocenters. The van der Waals surface area contributed by atoms with Crippen LogP contribution in [0.4, 0.5) is 4.39 Å². The number of para-hydroxylation sites is 1. The number of carbonyl (C=O) groups is 1. The highest BCUT2D eigenvalue weighted by Gasteiger charge is 2.22. The molecule has 1 aromatic heterocycles. The number of ether oxygens (including phenoxy) is 1. The van der Waals surface area contributed by atoms with E-state index >= 15 is 0 Å². The number of amides is 1. The summed E-state index contributed by atoms with van der Waals surface area (Å²) in [4.78, 5) is 12.5. The Morgan fingerprint density at radius 3 is 2.67 bits per heavy atom. The molecule has 0 aliphatic rings. The quantitative estimate of drug-likeness (QED) is 0.611. The first-order valence-electron chi connectivity index (χ1n) is 9.15. The van der Waals surface area contributed by atoms with Crippen molar-refractivity contribution in [2.45, 2.75) is 18.8 Å². The Bertz CT molecular complexity index is 902. The van der Waals surface area contributed by atoms with E-state index in [9.17, 15) is 9.18 Å². The van der Waals surface area contributed by atoms with E-state index in [1.165, 1.54) is 12.1 Å². The van der Waals surface area contributed by atoms with Crippen LogP contribution in [0.25, 0.3) is 10.9 Å². The van der Waals surface area contributed by atoms with Crippen molar-refractivity contribution < 1.29 is 13.9 Å². The van der Waals surface area contributed by atoms with Crippen LogP contribution in [-0.4, -0.2) is 30.7 Å². The van der Waals surface area contributed by atoms with E-state index in [4.69, 9.17) is 4.74 Å². The number of rotatable bonds is 8. The Morgan fingerprint density at radius 2 is 1.93 bits per heavy atom. The second kappa shape index (κ2) is 8.82. The van der Waals surface area contributed by atoms with Gasteiger partial charge in [-0.05, 0) is 35.7 Å². The van der Waals surface area contributed by atoms with E-state index in [1.807, 2.05) is 19.2 Å². The number of nitrogens with zero attached hydrogens (tertiary/aromatic N) is 1. The van der Waals surface area contributed by atoms with E-state index in [0.29, 0.717) is 19.6 Å². The first kappa shape index (κ1) is 19.1. The lowest BCUT2D eigenvalue weighted by Gasteiger charge is -2.17. The number of methoxy groups -OCH3 is 1. The predicted molar refractivity (Wildman–Crippen MR) is 105 cm³/mol. The van der Waals surface area contributed by atoms with Gasteiger partial charge >= 0.3 is 0 Å². The zero-order valence-electron chi connectivity index (χ0n) is 15.7. The fourth-order valence-electron chi connectivity index (χ4n) is 3.46. The topological polar surface area (TPSA) is 43.3 Å². The molecule has 0 saturated carbocycles. The molecule has 5 heteroatoms. The highest BCUT2D eigenvalue weighted by atomic mass is 19.1. The average Bonchev–Trinajstić information content (AvgIpc) is 3.01. The number of halogens is 1. The van der Waals surface area contributed by atoms with E-state index in [0.717, 1.165) is 28.5 Å². The summed E-state index contributed by atoms with van der Waals surface area (Å²) in [7, 11) is 3.64. The lowest BCUT2D eigenvalue weighted by atomic mass is 9.88. The molecule has 2 aromatic carbocycles. The minimum absolute atomic E-state index is 0.0200. The van der Waals surface area contributed by atoms with Gasteiger partial charge in [0.15, 0.2) is 0 Å². The zero-order valence-corrected chi connectivity index (χ0v) is 15.7. The van der Waals surface area contributed by atoms with Crippen LogP contribution in [0.15, 0.2) is 54.7 Å². The molecule has 27 heavy (non-hydrogen) atoms. The Morgan fingerprint density at radius 1 is 1.19 bits per heavy atom. The smallest absolute Gasteiger partial charge is 0.220 e. The summed E-state index contributed by atoms with van der Waals surface area (Å²) in [5.41, 5.74) is 3.12. The maximum Gasteiger partial charge on any atom is 0.220 e. The summed E-state index contributed by atoms with van der Waals surface area (Å²) in [6.45, 7) is 1.20. The third kappa shape index (κ3) is 4.55. The Balaban J connectivity index is 1.90. The second-order valence-electron chi connectivity index (χ2n) is 6.72. The van der Waals surface area contributed by atoms with E-state index < -0.39 is 0 Å². The third-order valence-electron chi connectivity index (χ3n) is 4.81. The van der Waals surface area contributed by atoms with Crippen LogP contribution in [0.3, 0.4) is 0 Å². The minimum atomic E-state index is -0.278. The van der Waals surface area contributed by atoms with Crippen molar-refractivity contribution in [1.82, 2.24) is 9.88 Å². The van der Waals surface area contributed by atoms with Gasteiger partial charge in [0.05, 0.1) is 0 Å². The summed E-state index contributed by atoms with van der Waals surface area (Å²) in [6.07, 6.45) is 3.15. The number of hydrogen-bond donors (Lipinski definition) is 1. The van der Waals surface area contributed by atoms with Gasteiger partial charge in [0, 0.05) is 56.7 Å². The zero-order chi connectivity index (χ0) is 19.2. The van der Waals surface area contributed by atoms with Crippen molar-refractivity contribution in [2.75, 3.05) is 20.3 Å². The fraction of sp³-hybridized carbons (Fsp3) is 0.318. The number of aromatic nitrogens is 1. The average molecular weight is 368 g/mol. The first-order valence-corrected chi connectivity index (χ1v) is 9.15. The SMILES string of the molecule is COCCCNC(=O)CC(c1ccc(F)cc1)c1cn(C)c2ccccc12. The van der Waals surface area contributed by atoms with Crippen LogP contribution >= 0.6 is 0 Å². The van der Waals surface area contributed by atoms with Crippen molar-refractivity contribution in [1.29, 1.82) is 0 Å². The summed E-state index contributed by atoms with van der Waals surface area (Å²) in [5, 5.41) is 4.07. The lowest BCUT2D eigenvalue weighted by molar-refractivity contribution is -0.121. The Labute approximate surface area is 158 Å². The number of benzene rings is 2. The van der Waals surface area contributed by atoms with E-state index in [2.05, 4.69) is 28.2 Å². The van der Waals surface area contributed by atoms with Crippen molar-refractivity contribution in [3.63, 3.8) is 0 Å². The molecular formula is C22H25FN2O2. The van der Waals surface area contributed by atoms with Crippen LogP contribution in [-0.2, 0) is 16.6 Å². The number of nitrogens with one attached hydrogen (secondary N) is 1. The second-order valence-corrected chi connectivity index (χ2v) is 6.72. The molecule has 1 amide bonds. The molecule has 0 bridgehead atoms. The van der Waals surface area contributed by atoms with Crippen molar-refractivity contribution >= 4 is 16.8 Å². The van der Waals surface area contributed by atoms with Crippen molar-refractivity contribution in [2.24, 2.45) is 7.05 Å². The lowest BCUT2D eigenvalue weighted by Crippen LogP contribution is -2.27. The number of aryl methyl sites for hydroxylation is 1. The van der Waals surface area contributed by atoms with E-state index in [1.54, 1.807) is 19.2 Å². The van der Waals surface area contributed by atoms with Gasteiger partial charge in [0.1, 0.15) is 5.82 Å². The molecule has 0 aliphatic heterocycles. The molecule has 0 aliphatic carbocycles. The standard InChI is InChI=1S/C22H25FN2O2/c1-25-15-20(18-6-3-4-7-21(18)25)19(16-8-10-17(23)11-9-16)14-22(26)24-12-5-13-27-2/h3-4,6-11,15,19H,5,12-14H2,1-2H3,(H,24,26). The normalized spacial score (nSPS) is 12.3. The molecule has 1 heterocycles. The van der Waals surface area contributed by atoms with Gasteiger partial charge in [-0.1, -0.05) is 30.3 Å². The summed E-state index contributed by atoms with van der Waals surface area (Å²) < 4.78 is 20.5. The molecular weight excluding hydrogens is 343 g/mol. The maximum atomic E-state index is 13.4. The van der Waals surface area contributed by atoms with Crippen LogP contribution in [0.5, 0.6) is 0 Å². The van der Waals surface area contributed by atoms with E-state index in [-0.39, 0.29) is 17.6 Å². The predicted octanol–water partition coefficient (Wildman–Crippen LogP) is 3.99. The van der Waals surface area contributed by atoms with Gasteiger partial charge in [-0.2, -0.15) is 0 Å². The summed E-state index contributed by atoms with van der Waals surface area (Å²) in [5.74, 6) is -0.438. The number of carbonyl (C=O) groups excluding carboxylic acids is 1. The molecule has 0 radical (unpaired) electrons. The highest BCUT2D eigenvalue weighted by Crippen LogP contribution is 2.34. The van der Waals surface area contributed by atoms with Crippen LogP contribution in [0, 0.1) is 5.82 Å². The number of hydrogen-bond acceptors (Lipinski definition) is 2. The molecule has 3 rings (SSSR count). The molecule has 3 aromatic rings. The largest absolute Gasteiger partial charge is 0.385 e. The molecule has 1 atom stereocenters. The Hall–Kier alpha value is -2.66. The summed E-state index contributed by atoms with van der Waals surface area (Å²) >= 11 is 0. The molecule has 142 valence electrons. The fourth-order valence-corrected chi connectivity index (χ4v) is 3.46. The van der Waals surface area contributed by atoms with Crippen LogP contribution < -0.4 is 5.32 Å². The first-order chi connectivity index (χ1) is 13.1. The van der Waals surface area contributed by atoms with Crippen molar-refractivity contribution in [3.8, 4) is 0 Å². The minimum Gasteiger partial charge on any atom is -0.385 e. The van der Waals surface area contributed by atoms with Gasteiger partial charge in [0.2, 0.25) is 5.91 Å². The van der Waals surface area contributed by atoms with Gasteiger partial charge in [-0.25, -0.2) is 4.39 Å². The molecule has 0 fully saturated rings. The third-order valence-corrected chi connectivity index (χ3v) is 4.81. The molecule has 4 nitrogen and oxygen atoms in total. The van der Waals surface area contributed by atoms with Gasteiger partial charge in [0.25, 0.3) is 0 Å². The van der Waals surface area contributed by atoms with Crippen LogP contribution in [0.1, 0.15) is 29.9 Å².